The molecular weight excluding hydrogens is 258 g/mol. The zero-order valence-corrected chi connectivity index (χ0v) is 13.2. The molecule has 112 valence electrons. The van der Waals surface area contributed by atoms with E-state index in [-0.39, 0.29) is 0 Å². The van der Waals surface area contributed by atoms with Crippen molar-refractivity contribution < 1.29 is 0 Å². The lowest BCUT2D eigenvalue weighted by molar-refractivity contribution is 0.588. The number of aromatic nitrogens is 1. The molecule has 0 unspecified atom stereocenters. The van der Waals surface area contributed by atoms with Crippen LogP contribution in [0.5, 0.6) is 0 Å². The van der Waals surface area contributed by atoms with Crippen molar-refractivity contribution in [1.82, 2.24) is 10.3 Å². The van der Waals surface area contributed by atoms with Crippen LogP contribution in [0.15, 0.2) is 48.7 Å². The molecule has 3 heteroatoms. The highest BCUT2D eigenvalue weighted by Gasteiger charge is 2.04. The Labute approximate surface area is 128 Å². The van der Waals surface area contributed by atoms with Crippen molar-refractivity contribution in [2.24, 2.45) is 0 Å². The van der Waals surface area contributed by atoms with Crippen LogP contribution in [0.25, 0.3) is 0 Å². The summed E-state index contributed by atoms with van der Waals surface area (Å²) in [4.78, 5) is 6.69. The number of benzene rings is 1. The summed E-state index contributed by atoms with van der Waals surface area (Å²) in [5, 5.41) is 3.44. The number of rotatable bonds is 7. The molecule has 2 aromatic rings. The second kappa shape index (κ2) is 7.79. The van der Waals surface area contributed by atoms with Crippen LogP contribution in [-0.4, -0.2) is 24.6 Å². The molecule has 0 spiro atoms. The molecular formula is C18H25N3. The van der Waals surface area contributed by atoms with Crippen molar-refractivity contribution in [2.75, 3.05) is 18.5 Å². The average Bonchev–Trinajstić information content (AvgIpc) is 2.52. The molecule has 0 saturated carbocycles. The van der Waals surface area contributed by atoms with Crippen LogP contribution >= 0.6 is 0 Å². The highest BCUT2D eigenvalue weighted by atomic mass is 15.2. The highest BCUT2D eigenvalue weighted by molar-refractivity contribution is 5.40. The van der Waals surface area contributed by atoms with Gasteiger partial charge in [-0.1, -0.05) is 44.2 Å². The minimum absolute atomic E-state index is 0.498. The van der Waals surface area contributed by atoms with E-state index in [4.69, 9.17) is 0 Å². The summed E-state index contributed by atoms with van der Waals surface area (Å²) >= 11 is 0. The van der Waals surface area contributed by atoms with Gasteiger partial charge in [0.15, 0.2) is 0 Å². The maximum atomic E-state index is 4.48. The summed E-state index contributed by atoms with van der Waals surface area (Å²) in [5.41, 5.74) is 2.64. The Balaban J connectivity index is 1.92. The van der Waals surface area contributed by atoms with E-state index in [1.54, 1.807) is 0 Å². The summed E-state index contributed by atoms with van der Waals surface area (Å²) in [7, 11) is 2.10. The van der Waals surface area contributed by atoms with E-state index >= 15 is 0 Å². The fourth-order valence-electron chi connectivity index (χ4n) is 2.16. The van der Waals surface area contributed by atoms with Gasteiger partial charge in [-0.15, -0.1) is 0 Å². The number of pyridine rings is 1. The number of hydrogen-bond acceptors (Lipinski definition) is 3. The van der Waals surface area contributed by atoms with Gasteiger partial charge in [0.1, 0.15) is 5.82 Å². The third-order valence-corrected chi connectivity index (χ3v) is 3.49. The maximum Gasteiger partial charge on any atom is 0.128 e. The molecule has 0 aliphatic rings. The van der Waals surface area contributed by atoms with Gasteiger partial charge in [0.25, 0.3) is 0 Å². The predicted octanol–water partition coefficient (Wildman–Crippen LogP) is 3.26. The van der Waals surface area contributed by atoms with Crippen LogP contribution < -0.4 is 10.2 Å². The van der Waals surface area contributed by atoms with Gasteiger partial charge in [-0.3, -0.25) is 0 Å². The molecule has 0 aliphatic carbocycles. The third kappa shape index (κ3) is 5.20. The zero-order valence-electron chi connectivity index (χ0n) is 13.2. The molecule has 1 heterocycles. The number of anilines is 1. The molecule has 2 rings (SSSR count). The lowest BCUT2D eigenvalue weighted by Gasteiger charge is -2.19. The van der Waals surface area contributed by atoms with E-state index in [0.717, 1.165) is 25.3 Å². The van der Waals surface area contributed by atoms with E-state index in [1.165, 1.54) is 11.1 Å². The Kier molecular flexibility index (Phi) is 5.76. The van der Waals surface area contributed by atoms with Crippen LogP contribution in [0.2, 0.25) is 0 Å². The van der Waals surface area contributed by atoms with Gasteiger partial charge in [0.2, 0.25) is 0 Å². The van der Waals surface area contributed by atoms with Gasteiger partial charge in [-0.05, 0) is 29.7 Å². The normalized spacial score (nSPS) is 10.9. The van der Waals surface area contributed by atoms with E-state index in [0.29, 0.717) is 6.04 Å². The van der Waals surface area contributed by atoms with Crippen molar-refractivity contribution in [3.05, 3.63) is 59.8 Å². The van der Waals surface area contributed by atoms with E-state index in [2.05, 4.69) is 78.6 Å². The van der Waals surface area contributed by atoms with E-state index in [1.807, 2.05) is 6.20 Å². The maximum absolute atomic E-state index is 4.48. The van der Waals surface area contributed by atoms with E-state index < -0.39 is 0 Å². The molecule has 3 nitrogen and oxygen atoms in total. The van der Waals surface area contributed by atoms with E-state index in [9.17, 15) is 0 Å². The molecule has 1 aromatic heterocycles. The lowest BCUT2D eigenvalue weighted by atomic mass is 10.1. The first-order valence-electron chi connectivity index (χ1n) is 7.58. The monoisotopic (exact) mass is 283 g/mol. The van der Waals surface area contributed by atoms with Crippen LogP contribution in [-0.2, 0) is 13.0 Å². The molecule has 0 bridgehead atoms. The topological polar surface area (TPSA) is 28.2 Å². The first-order chi connectivity index (χ1) is 10.1. The van der Waals surface area contributed by atoms with Crippen molar-refractivity contribution in [2.45, 2.75) is 32.9 Å². The SMILES string of the molecule is CC(C)NCc1ccnc(N(C)CCc2ccccc2)c1. The second-order valence-electron chi connectivity index (χ2n) is 5.72. The summed E-state index contributed by atoms with van der Waals surface area (Å²) in [6.07, 6.45) is 2.93. The molecule has 0 atom stereocenters. The summed E-state index contributed by atoms with van der Waals surface area (Å²) < 4.78 is 0. The Morgan fingerprint density at radius 1 is 1.10 bits per heavy atom. The van der Waals surface area contributed by atoms with Crippen molar-refractivity contribution in [3.63, 3.8) is 0 Å². The van der Waals surface area contributed by atoms with Crippen LogP contribution in [0.3, 0.4) is 0 Å². The first kappa shape index (κ1) is 15.5. The largest absolute Gasteiger partial charge is 0.359 e. The highest BCUT2D eigenvalue weighted by Crippen LogP contribution is 2.12. The first-order valence-corrected chi connectivity index (χ1v) is 7.58. The number of hydrogen-bond donors (Lipinski definition) is 1. The standard InChI is InChI=1S/C18H25N3/c1-15(2)20-14-17-9-11-19-18(13-17)21(3)12-10-16-7-5-4-6-8-16/h4-9,11,13,15,20H,10,12,14H2,1-3H3. The number of likely N-dealkylation sites (N-methyl/N-ethyl adjacent to an activating group) is 1. The van der Waals surface area contributed by atoms with Crippen molar-refractivity contribution >= 4 is 5.82 Å². The van der Waals surface area contributed by atoms with Gasteiger partial charge in [0.05, 0.1) is 0 Å². The van der Waals surface area contributed by atoms with Crippen molar-refractivity contribution in [3.8, 4) is 0 Å². The summed E-state index contributed by atoms with van der Waals surface area (Å²) in [6, 6.07) is 15.3. The van der Waals surface area contributed by atoms with Crippen LogP contribution in [0.1, 0.15) is 25.0 Å². The molecule has 1 aromatic carbocycles. The van der Waals surface area contributed by atoms with Gasteiger partial charge < -0.3 is 10.2 Å². The smallest absolute Gasteiger partial charge is 0.128 e. The summed E-state index contributed by atoms with van der Waals surface area (Å²) in [5.74, 6) is 1.04. The minimum Gasteiger partial charge on any atom is -0.359 e. The second-order valence-corrected chi connectivity index (χ2v) is 5.72. The number of nitrogens with one attached hydrogen (secondary N) is 1. The van der Waals surface area contributed by atoms with Gasteiger partial charge in [0, 0.05) is 32.4 Å². The molecule has 0 fully saturated rings. The van der Waals surface area contributed by atoms with Gasteiger partial charge in [-0.2, -0.15) is 0 Å². The number of nitrogens with zero attached hydrogens (tertiary/aromatic N) is 2. The summed E-state index contributed by atoms with van der Waals surface area (Å²) in [6.45, 7) is 6.18. The Hall–Kier alpha value is -1.87. The lowest BCUT2D eigenvalue weighted by Crippen LogP contribution is -2.23. The van der Waals surface area contributed by atoms with Crippen molar-refractivity contribution in [1.29, 1.82) is 0 Å². The predicted molar refractivity (Wildman–Crippen MR) is 89.6 cm³/mol. The molecule has 0 amide bonds. The Morgan fingerprint density at radius 2 is 1.86 bits per heavy atom. The quantitative estimate of drug-likeness (QED) is 0.845. The average molecular weight is 283 g/mol. The molecule has 0 saturated heterocycles. The molecule has 0 aliphatic heterocycles. The molecule has 21 heavy (non-hydrogen) atoms. The van der Waals surface area contributed by atoms with Gasteiger partial charge >= 0.3 is 0 Å². The minimum atomic E-state index is 0.498. The third-order valence-electron chi connectivity index (χ3n) is 3.49. The molecule has 0 radical (unpaired) electrons. The van der Waals surface area contributed by atoms with Crippen LogP contribution in [0, 0.1) is 0 Å². The fourth-order valence-corrected chi connectivity index (χ4v) is 2.16. The Morgan fingerprint density at radius 3 is 2.57 bits per heavy atom. The zero-order chi connectivity index (χ0) is 15.1. The van der Waals surface area contributed by atoms with Gasteiger partial charge in [-0.25, -0.2) is 4.98 Å². The Bertz CT molecular complexity index is 537. The van der Waals surface area contributed by atoms with Crippen LogP contribution in [0.4, 0.5) is 5.82 Å². The fraction of sp³-hybridized carbons (Fsp3) is 0.389. The molecule has 1 N–H and O–H groups in total.